The minimum Gasteiger partial charge on any atom is -0.461 e. The Balaban J connectivity index is 2.15. The van der Waals surface area contributed by atoms with E-state index in [2.05, 4.69) is 26.8 Å². The molecule has 3 rings (SSSR count). The molecule has 0 radical (unpaired) electrons. The van der Waals surface area contributed by atoms with Crippen LogP contribution in [0.2, 0.25) is 0 Å². The first-order valence-electron chi connectivity index (χ1n) is 7.77. The van der Waals surface area contributed by atoms with Gasteiger partial charge in [-0.3, -0.25) is 4.79 Å². The third-order valence-electron chi connectivity index (χ3n) is 7.17. The van der Waals surface area contributed by atoms with Crippen molar-refractivity contribution < 1.29 is 14.6 Å². The first kappa shape index (κ1) is 14.1. The maximum absolute atomic E-state index is 11.6. The first-order valence-corrected chi connectivity index (χ1v) is 7.77. The predicted molar refractivity (Wildman–Crippen MR) is 77.0 cm³/mol. The fourth-order valence-corrected chi connectivity index (χ4v) is 5.78. The number of esters is 1. The Hall–Kier alpha value is -0.830. The molecule has 0 unspecified atom stereocenters. The summed E-state index contributed by atoms with van der Waals surface area (Å²) in [4.78, 5) is 11.6. The molecular weight excluding hydrogens is 252 g/mol. The van der Waals surface area contributed by atoms with Crippen molar-refractivity contribution in [1.82, 2.24) is 0 Å². The van der Waals surface area contributed by atoms with Gasteiger partial charge in [0.2, 0.25) is 0 Å². The molecule has 2 bridgehead atoms. The van der Waals surface area contributed by atoms with Crippen LogP contribution in [-0.2, 0) is 9.53 Å². The average Bonchev–Trinajstić information content (AvgIpc) is 2.72. The summed E-state index contributed by atoms with van der Waals surface area (Å²) in [5, 5.41) is 9.76. The van der Waals surface area contributed by atoms with Gasteiger partial charge in [-0.1, -0.05) is 33.3 Å². The van der Waals surface area contributed by atoms with E-state index in [1.807, 2.05) is 0 Å². The van der Waals surface area contributed by atoms with Gasteiger partial charge in [-0.05, 0) is 35.7 Å². The van der Waals surface area contributed by atoms with Crippen molar-refractivity contribution in [2.75, 3.05) is 6.61 Å². The highest BCUT2D eigenvalue weighted by atomic mass is 16.5. The Morgan fingerprint density at radius 2 is 2.05 bits per heavy atom. The molecule has 0 heterocycles. The second-order valence-electron chi connectivity index (χ2n) is 7.67. The van der Waals surface area contributed by atoms with Crippen LogP contribution in [-0.4, -0.2) is 23.8 Å². The SMILES string of the molecule is CC(=O)O[C@H]1[C@@H]2C(CO)=CC[C@@]1(C)[C@@]1(C)CCC[C@@]21C. The van der Waals surface area contributed by atoms with Gasteiger partial charge in [0, 0.05) is 18.3 Å². The van der Waals surface area contributed by atoms with E-state index in [0.717, 1.165) is 12.0 Å². The van der Waals surface area contributed by atoms with E-state index in [-0.39, 0.29) is 40.8 Å². The van der Waals surface area contributed by atoms with Gasteiger partial charge in [0.25, 0.3) is 0 Å². The zero-order valence-electron chi connectivity index (χ0n) is 13.0. The minimum atomic E-state index is -0.197. The van der Waals surface area contributed by atoms with Crippen LogP contribution in [0.1, 0.15) is 53.4 Å². The molecule has 0 aliphatic heterocycles. The van der Waals surface area contributed by atoms with Crippen molar-refractivity contribution in [3.63, 3.8) is 0 Å². The molecule has 0 aromatic heterocycles. The molecular formula is C17H26O3. The molecule has 20 heavy (non-hydrogen) atoms. The van der Waals surface area contributed by atoms with Crippen molar-refractivity contribution in [2.24, 2.45) is 22.2 Å². The van der Waals surface area contributed by atoms with Gasteiger partial charge in [0.05, 0.1) is 6.61 Å². The molecule has 112 valence electrons. The zero-order chi connectivity index (χ0) is 14.8. The molecule has 0 spiro atoms. The Morgan fingerprint density at radius 3 is 2.65 bits per heavy atom. The summed E-state index contributed by atoms with van der Waals surface area (Å²) in [6, 6.07) is 0. The van der Waals surface area contributed by atoms with Crippen molar-refractivity contribution in [1.29, 1.82) is 0 Å². The zero-order valence-corrected chi connectivity index (χ0v) is 13.0. The van der Waals surface area contributed by atoms with E-state index in [9.17, 15) is 9.90 Å². The number of hydrogen-bond donors (Lipinski definition) is 1. The summed E-state index contributed by atoms with van der Waals surface area (Å²) in [7, 11) is 0. The van der Waals surface area contributed by atoms with Gasteiger partial charge in [-0.2, -0.15) is 0 Å². The Bertz CT molecular complexity index is 483. The molecule has 5 atom stereocenters. The van der Waals surface area contributed by atoms with Gasteiger partial charge >= 0.3 is 5.97 Å². The van der Waals surface area contributed by atoms with Crippen molar-refractivity contribution in [3.05, 3.63) is 11.6 Å². The number of aliphatic hydroxyl groups is 1. The molecule has 0 aromatic rings. The van der Waals surface area contributed by atoms with Gasteiger partial charge < -0.3 is 9.84 Å². The maximum atomic E-state index is 11.6. The second kappa shape index (κ2) is 4.09. The lowest BCUT2D eigenvalue weighted by molar-refractivity contribution is -0.157. The highest BCUT2D eigenvalue weighted by Crippen LogP contribution is 2.76. The Kier molecular flexibility index (Phi) is 2.89. The number of ether oxygens (including phenoxy) is 1. The molecule has 3 nitrogen and oxygen atoms in total. The van der Waals surface area contributed by atoms with Crippen LogP contribution in [0, 0.1) is 22.2 Å². The molecule has 3 aliphatic carbocycles. The van der Waals surface area contributed by atoms with E-state index in [1.165, 1.54) is 26.2 Å². The average molecular weight is 278 g/mol. The molecule has 0 aromatic carbocycles. The fraction of sp³-hybridized carbons (Fsp3) is 0.824. The molecule has 1 N–H and O–H groups in total. The van der Waals surface area contributed by atoms with Crippen molar-refractivity contribution in [3.8, 4) is 0 Å². The smallest absolute Gasteiger partial charge is 0.302 e. The molecule has 2 saturated carbocycles. The summed E-state index contributed by atoms with van der Waals surface area (Å²) in [5.74, 6) is -0.0137. The number of aliphatic hydroxyl groups excluding tert-OH is 1. The molecule has 3 aliphatic rings. The van der Waals surface area contributed by atoms with E-state index >= 15 is 0 Å². The number of carbonyl (C=O) groups excluding carboxylic acids is 1. The van der Waals surface area contributed by atoms with Crippen LogP contribution in [0.3, 0.4) is 0 Å². The summed E-state index contributed by atoms with van der Waals surface area (Å²) in [6.45, 7) is 8.60. The summed E-state index contributed by atoms with van der Waals surface area (Å²) in [5.41, 5.74) is 1.39. The van der Waals surface area contributed by atoms with Crippen LogP contribution in [0.5, 0.6) is 0 Å². The van der Waals surface area contributed by atoms with E-state index < -0.39 is 0 Å². The van der Waals surface area contributed by atoms with Crippen molar-refractivity contribution in [2.45, 2.75) is 59.5 Å². The Labute approximate surface area is 121 Å². The third-order valence-corrected chi connectivity index (χ3v) is 7.17. The topological polar surface area (TPSA) is 46.5 Å². The van der Waals surface area contributed by atoms with Gasteiger partial charge in [-0.25, -0.2) is 0 Å². The van der Waals surface area contributed by atoms with Gasteiger partial charge in [-0.15, -0.1) is 0 Å². The third kappa shape index (κ3) is 1.37. The Morgan fingerprint density at radius 1 is 1.35 bits per heavy atom. The lowest BCUT2D eigenvalue weighted by Crippen LogP contribution is -2.44. The lowest BCUT2D eigenvalue weighted by atomic mass is 9.59. The molecule has 0 amide bonds. The summed E-state index contributed by atoms with van der Waals surface area (Å²) >= 11 is 0. The van der Waals surface area contributed by atoms with E-state index in [1.54, 1.807) is 0 Å². The van der Waals surface area contributed by atoms with Crippen LogP contribution in [0.4, 0.5) is 0 Å². The molecule has 2 fully saturated rings. The molecule has 0 saturated heterocycles. The maximum Gasteiger partial charge on any atom is 0.302 e. The van der Waals surface area contributed by atoms with Crippen LogP contribution in [0.25, 0.3) is 0 Å². The highest BCUT2D eigenvalue weighted by Gasteiger charge is 2.73. The largest absolute Gasteiger partial charge is 0.461 e. The number of allylic oxidation sites excluding steroid dienone is 1. The fourth-order valence-electron chi connectivity index (χ4n) is 5.78. The monoisotopic (exact) mass is 278 g/mol. The minimum absolute atomic E-state index is 0.00669. The quantitative estimate of drug-likeness (QED) is 0.624. The first-order chi connectivity index (χ1) is 9.30. The summed E-state index contributed by atoms with van der Waals surface area (Å²) < 4.78 is 5.79. The number of fused-ring (bicyclic) bond motifs is 5. The number of carbonyl (C=O) groups is 1. The van der Waals surface area contributed by atoms with E-state index in [4.69, 9.17) is 4.74 Å². The van der Waals surface area contributed by atoms with E-state index in [0.29, 0.717) is 0 Å². The van der Waals surface area contributed by atoms with Crippen molar-refractivity contribution >= 4 is 5.97 Å². The second-order valence-corrected chi connectivity index (χ2v) is 7.67. The number of rotatable bonds is 2. The summed E-state index contributed by atoms with van der Waals surface area (Å²) in [6.07, 6.45) is 6.63. The normalized spacial score (nSPS) is 49.8. The van der Waals surface area contributed by atoms with Gasteiger partial charge in [0.15, 0.2) is 0 Å². The number of hydrogen-bond acceptors (Lipinski definition) is 3. The van der Waals surface area contributed by atoms with Gasteiger partial charge in [0.1, 0.15) is 6.10 Å². The molecule has 3 heteroatoms. The van der Waals surface area contributed by atoms with Crippen LogP contribution >= 0.6 is 0 Å². The van der Waals surface area contributed by atoms with Crippen LogP contribution < -0.4 is 0 Å². The highest BCUT2D eigenvalue weighted by molar-refractivity contribution is 5.66. The van der Waals surface area contributed by atoms with Crippen LogP contribution in [0.15, 0.2) is 11.6 Å². The standard InChI is InChI=1S/C17H26O3/c1-11(19)20-14-13-12(10-18)6-9-16(14,3)17(4)8-5-7-15(13,17)2/h6,13-14,18H,5,7-10H2,1-4H3/t13-,14-,15-,16+,17-/m0/s1. The lowest BCUT2D eigenvalue weighted by Gasteiger charge is -2.46. The predicted octanol–water partition coefficient (Wildman–Crippen LogP) is 3.07.